The summed E-state index contributed by atoms with van der Waals surface area (Å²) in [5.74, 6) is -0.257. The zero-order valence-electron chi connectivity index (χ0n) is 14.7. The van der Waals surface area contributed by atoms with Gasteiger partial charge in [-0.25, -0.2) is 5.43 Å². The Morgan fingerprint density at radius 3 is 2.52 bits per heavy atom. The number of halogens is 1. The van der Waals surface area contributed by atoms with Crippen LogP contribution in [0.2, 0.25) is 0 Å². The fraction of sp³-hybridized carbons (Fsp3) is 0.211. The second kappa shape index (κ2) is 10.3. The summed E-state index contributed by atoms with van der Waals surface area (Å²) in [6.45, 7) is 2.27. The quantitative estimate of drug-likeness (QED) is 0.438. The Bertz CT molecular complexity index is 822. The van der Waals surface area contributed by atoms with Crippen molar-refractivity contribution in [2.24, 2.45) is 5.10 Å². The van der Waals surface area contributed by atoms with Gasteiger partial charge in [-0.3, -0.25) is 9.59 Å². The molecule has 8 heteroatoms. The van der Waals surface area contributed by atoms with Gasteiger partial charge < -0.3 is 15.2 Å². The largest absolute Gasteiger partial charge is 0.504 e. The Morgan fingerprint density at radius 1 is 1.15 bits per heavy atom. The van der Waals surface area contributed by atoms with E-state index in [1.54, 1.807) is 24.3 Å². The molecule has 0 aromatic heterocycles. The first-order valence-corrected chi connectivity index (χ1v) is 9.10. The first-order chi connectivity index (χ1) is 13.0. The molecule has 0 bridgehead atoms. The van der Waals surface area contributed by atoms with E-state index in [9.17, 15) is 14.7 Å². The third kappa shape index (κ3) is 7.10. The van der Waals surface area contributed by atoms with Gasteiger partial charge in [0.15, 0.2) is 11.5 Å². The molecule has 2 aromatic carbocycles. The fourth-order valence-electron chi connectivity index (χ4n) is 2.11. The maximum atomic E-state index is 11.8. The molecule has 0 saturated heterocycles. The maximum Gasteiger partial charge on any atom is 0.240 e. The summed E-state index contributed by atoms with van der Waals surface area (Å²) in [7, 11) is 0. The molecule has 0 aliphatic heterocycles. The van der Waals surface area contributed by atoms with Crippen LogP contribution in [0.5, 0.6) is 11.5 Å². The molecule has 2 amide bonds. The van der Waals surface area contributed by atoms with Crippen LogP contribution >= 0.6 is 15.9 Å². The van der Waals surface area contributed by atoms with Crippen molar-refractivity contribution in [2.45, 2.75) is 19.8 Å². The molecule has 0 unspecified atom stereocenters. The van der Waals surface area contributed by atoms with Crippen molar-refractivity contribution < 1.29 is 19.4 Å². The van der Waals surface area contributed by atoms with Gasteiger partial charge in [0.05, 0.1) is 12.8 Å². The van der Waals surface area contributed by atoms with Crippen molar-refractivity contribution in [1.82, 2.24) is 5.43 Å². The zero-order valence-corrected chi connectivity index (χ0v) is 16.3. The highest BCUT2D eigenvalue weighted by atomic mass is 79.9. The monoisotopic (exact) mass is 433 g/mol. The second-order valence-electron chi connectivity index (χ2n) is 5.51. The standard InChI is InChI=1S/C19H20BrN3O4/c1-2-27-17-8-3-13(11-16(17)24)12-21-23-19(26)10-9-18(25)22-15-6-4-14(20)5-7-15/h3-8,11-12,24H,2,9-10H2,1H3,(H,22,25)(H,23,26). The number of anilines is 1. The number of carbonyl (C=O) groups is 2. The van der Waals surface area contributed by atoms with E-state index in [2.05, 4.69) is 31.8 Å². The van der Waals surface area contributed by atoms with Gasteiger partial charge in [0.1, 0.15) is 0 Å². The lowest BCUT2D eigenvalue weighted by Gasteiger charge is -2.06. The van der Waals surface area contributed by atoms with Gasteiger partial charge in [-0.1, -0.05) is 15.9 Å². The van der Waals surface area contributed by atoms with E-state index in [-0.39, 0.29) is 30.4 Å². The number of hydrazone groups is 1. The van der Waals surface area contributed by atoms with Crippen molar-refractivity contribution in [3.8, 4) is 11.5 Å². The Balaban J connectivity index is 1.75. The SMILES string of the molecule is CCOc1ccc(C=NNC(=O)CCC(=O)Nc2ccc(Br)cc2)cc1O. The second-order valence-corrected chi connectivity index (χ2v) is 6.42. The number of aromatic hydroxyl groups is 1. The molecule has 2 aromatic rings. The summed E-state index contributed by atoms with van der Waals surface area (Å²) in [5, 5.41) is 16.3. The highest BCUT2D eigenvalue weighted by Crippen LogP contribution is 2.26. The van der Waals surface area contributed by atoms with Crippen LogP contribution in [-0.2, 0) is 9.59 Å². The zero-order chi connectivity index (χ0) is 19.6. The van der Waals surface area contributed by atoms with E-state index >= 15 is 0 Å². The average molecular weight is 434 g/mol. The van der Waals surface area contributed by atoms with Gasteiger partial charge in [-0.15, -0.1) is 0 Å². The van der Waals surface area contributed by atoms with E-state index in [1.807, 2.05) is 19.1 Å². The number of amides is 2. The maximum absolute atomic E-state index is 11.8. The summed E-state index contributed by atoms with van der Waals surface area (Å²) in [5.41, 5.74) is 3.61. The molecule has 0 fully saturated rings. The van der Waals surface area contributed by atoms with Gasteiger partial charge in [0, 0.05) is 23.0 Å². The smallest absolute Gasteiger partial charge is 0.240 e. The molecule has 0 aliphatic carbocycles. The van der Waals surface area contributed by atoms with Crippen LogP contribution < -0.4 is 15.5 Å². The van der Waals surface area contributed by atoms with Crippen molar-refractivity contribution in [3.05, 3.63) is 52.5 Å². The number of rotatable bonds is 8. The number of nitrogens with zero attached hydrogens (tertiary/aromatic N) is 1. The average Bonchev–Trinajstić information content (AvgIpc) is 2.64. The number of nitrogens with one attached hydrogen (secondary N) is 2. The molecule has 142 valence electrons. The lowest BCUT2D eigenvalue weighted by molar-refractivity contribution is -0.124. The number of hydrogen-bond donors (Lipinski definition) is 3. The summed E-state index contributed by atoms with van der Waals surface area (Å²) in [6, 6.07) is 12.0. The van der Waals surface area contributed by atoms with Gasteiger partial charge in [0.25, 0.3) is 0 Å². The van der Waals surface area contributed by atoms with E-state index in [1.165, 1.54) is 12.3 Å². The topological polar surface area (TPSA) is 100 Å². The van der Waals surface area contributed by atoms with Crippen molar-refractivity contribution in [2.75, 3.05) is 11.9 Å². The van der Waals surface area contributed by atoms with Gasteiger partial charge in [-0.05, 0) is 55.0 Å². The number of carbonyl (C=O) groups excluding carboxylic acids is 2. The van der Waals surface area contributed by atoms with Crippen LogP contribution in [0.4, 0.5) is 5.69 Å². The van der Waals surface area contributed by atoms with Crippen LogP contribution in [0.15, 0.2) is 52.0 Å². The summed E-state index contributed by atoms with van der Waals surface area (Å²) >= 11 is 3.32. The Kier molecular flexibility index (Phi) is 7.81. The molecule has 0 aliphatic rings. The summed E-state index contributed by atoms with van der Waals surface area (Å²) in [4.78, 5) is 23.6. The van der Waals surface area contributed by atoms with Crippen molar-refractivity contribution >= 4 is 39.6 Å². The van der Waals surface area contributed by atoms with Crippen LogP contribution in [0, 0.1) is 0 Å². The van der Waals surface area contributed by atoms with Crippen LogP contribution in [0.1, 0.15) is 25.3 Å². The highest BCUT2D eigenvalue weighted by molar-refractivity contribution is 9.10. The molecule has 0 spiro atoms. The van der Waals surface area contributed by atoms with Gasteiger partial charge in [-0.2, -0.15) is 5.10 Å². The Morgan fingerprint density at radius 2 is 1.85 bits per heavy atom. The third-order valence-electron chi connectivity index (χ3n) is 3.39. The predicted octanol–water partition coefficient (Wildman–Crippen LogP) is 3.42. The molecule has 27 heavy (non-hydrogen) atoms. The van der Waals surface area contributed by atoms with Gasteiger partial charge >= 0.3 is 0 Å². The van der Waals surface area contributed by atoms with E-state index in [4.69, 9.17) is 4.74 Å². The van der Waals surface area contributed by atoms with Crippen LogP contribution in [0.25, 0.3) is 0 Å². The van der Waals surface area contributed by atoms with E-state index in [0.29, 0.717) is 23.6 Å². The Labute approximate surface area is 165 Å². The molecular weight excluding hydrogens is 414 g/mol. The lowest BCUT2D eigenvalue weighted by atomic mass is 10.2. The minimum atomic E-state index is -0.382. The summed E-state index contributed by atoms with van der Waals surface area (Å²) in [6.07, 6.45) is 1.45. The number of phenolic OH excluding ortho intramolecular Hbond substituents is 1. The highest BCUT2D eigenvalue weighted by Gasteiger charge is 2.07. The molecule has 2 rings (SSSR count). The minimum Gasteiger partial charge on any atom is -0.504 e. The number of hydrogen-bond acceptors (Lipinski definition) is 5. The van der Waals surface area contributed by atoms with Crippen molar-refractivity contribution in [3.63, 3.8) is 0 Å². The molecule has 0 atom stereocenters. The Hall–Kier alpha value is -2.87. The number of benzene rings is 2. The fourth-order valence-corrected chi connectivity index (χ4v) is 2.38. The normalized spacial score (nSPS) is 10.6. The van der Waals surface area contributed by atoms with Gasteiger partial charge in [0.2, 0.25) is 11.8 Å². The van der Waals surface area contributed by atoms with E-state index < -0.39 is 0 Å². The molecule has 7 nitrogen and oxygen atoms in total. The molecule has 0 heterocycles. The summed E-state index contributed by atoms with van der Waals surface area (Å²) < 4.78 is 6.15. The molecule has 0 saturated carbocycles. The van der Waals surface area contributed by atoms with Crippen LogP contribution in [0.3, 0.4) is 0 Å². The molecule has 0 radical (unpaired) electrons. The molecule has 3 N–H and O–H groups in total. The minimum absolute atomic E-state index is 0.00302. The van der Waals surface area contributed by atoms with E-state index in [0.717, 1.165) is 4.47 Å². The lowest BCUT2D eigenvalue weighted by Crippen LogP contribution is -2.20. The third-order valence-corrected chi connectivity index (χ3v) is 3.92. The first-order valence-electron chi connectivity index (χ1n) is 8.31. The number of ether oxygens (including phenoxy) is 1. The van der Waals surface area contributed by atoms with Crippen molar-refractivity contribution in [1.29, 1.82) is 0 Å². The predicted molar refractivity (Wildman–Crippen MR) is 107 cm³/mol. The first kappa shape index (κ1) is 20.4. The molecular formula is C19H20BrN3O4. The number of phenols is 1. The van der Waals surface area contributed by atoms with Crippen LogP contribution in [-0.4, -0.2) is 29.7 Å².